The van der Waals surface area contributed by atoms with Crippen LogP contribution in [0.1, 0.15) is 12.8 Å². The van der Waals surface area contributed by atoms with Crippen molar-refractivity contribution in [3.05, 3.63) is 30.1 Å². The largest absolute Gasteiger partial charge is 0.484 e. The first kappa shape index (κ1) is 15.2. The van der Waals surface area contributed by atoms with E-state index in [0.717, 1.165) is 12.8 Å². The van der Waals surface area contributed by atoms with E-state index in [1.807, 2.05) is 0 Å². The maximum Gasteiger partial charge on any atom is 0.260 e. The number of ether oxygens (including phenoxy) is 3. The summed E-state index contributed by atoms with van der Waals surface area (Å²) in [7, 11) is 1.66. The van der Waals surface area contributed by atoms with Gasteiger partial charge < -0.3 is 19.1 Å². The van der Waals surface area contributed by atoms with Crippen LogP contribution in [0, 0.1) is 5.82 Å². The average molecular weight is 309 g/mol. The van der Waals surface area contributed by atoms with E-state index in [0.29, 0.717) is 18.9 Å². The van der Waals surface area contributed by atoms with Crippen LogP contribution in [0.4, 0.5) is 4.39 Å². The van der Waals surface area contributed by atoms with E-state index in [1.54, 1.807) is 12.0 Å². The van der Waals surface area contributed by atoms with Crippen molar-refractivity contribution in [1.82, 2.24) is 4.90 Å². The molecular formula is C16H20FNO4. The summed E-state index contributed by atoms with van der Waals surface area (Å²) in [6.07, 6.45) is 1.79. The number of rotatable bonds is 4. The topological polar surface area (TPSA) is 48.0 Å². The molecule has 0 spiro atoms. The Labute approximate surface area is 128 Å². The van der Waals surface area contributed by atoms with Crippen LogP contribution < -0.4 is 4.74 Å². The Morgan fingerprint density at radius 1 is 1.36 bits per heavy atom. The molecule has 1 aliphatic carbocycles. The number of carbonyl (C=O) groups excluding carboxylic acids is 1. The number of halogens is 1. The lowest BCUT2D eigenvalue weighted by molar-refractivity contribution is -0.137. The van der Waals surface area contributed by atoms with E-state index in [1.165, 1.54) is 24.3 Å². The lowest BCUT2D eigenvalue weighted by Crippen LogP contribution is -2.47. The molecule has 1 saturated heterocycles. The van der Waals surface area contributed by atoms with Crippen LogP contribution in [0.3, 0.4) is 0 Å². The highest BCUT2D eigenvalue weighted by atomic mass is 19.1. The summed E-state index contributed by atoms with van der Waals surface area (Å²) in [5, 5.41) is 0. The standard InChI is InChI=1S/C16H20FNO4/c1-20-16-13-6-7-14(16)21-9-8-18(13)15(19)10-22-12-4-2-11(17)3-5-12/h2-5,13-14,16H,6-10H2,1H3. The second-order valence-electron chi connectivity index (χ2n) is 5.58. The van der Waals surface area contributed by atoms with E-state index < -0.39 is 0 Å². The van der Waals surface area contributed by atoms with E-state index in [-0.39, 0.29) is 36.6 Å². The quantitative estimate of drug-likeness (QED) is 0.848. The molecule has 1 aromatic rings. The lowest BCUT2D eigenvalue weighted by Gasteiger charge is -2.30. The minimum Gasteiger partial charge on any atom is -0.484 e. The Hall–Kier alpha value is -1.66. The van der Waals surface area contributed by atoms with Crippen molar-refractivity contribution in [3.63, 3.8) is 0 Å². The van der Waals surface area contributed by atoms with Gasteiger partial charge in [0, 0.05) is 13.7 Å². The van der Waals surface area contributed by atoms with Gasteiger partial charge in [-0.05, 0) is 37.1 Å². The molecule has 0 radical (unpaired) electrons. The molecule has 1 aromatic carbocycles. The molecule has 5 nitrogen and oxygen atoms in total. The van der Waals surface area contributed by atoms with Gasteiger partial charge in [0.1, 0.15) is 17.7 Å². The molecule has 1 amide bonds. The summed E-state index contributed by atoms with van der Waals surface area (Å²) in [5.41, 5.74) is 0. The normalized spacial score (nSPS) is 27.5. The van der Waals surface area contributed by atoms with Crippen molar-refractivity contribution >= 4 is 5.91 Å². The summed E-state index contributed by atoms with van der Waals surface area (Å²) in [6.45, 7) is 0.999. The predicted octanol–water partition coefficient (Wildman–Crippen LogP) is 1.61. The van der Waals surface area contributed by atoms with E-state index in [2.05, 4.69) is 0 Å². The average Bonchev–Trinajstić information content (AvgIpc) is 2.82. The van der Waals surface area contributed by atoms with Gasteiger partial charge >= 0.3 is 0 Å². The smallest absolute Gasteiger partial charge is 0.260 e. The van der Waals surface area contributed by atoms with Gasteiger partial charge in [-0.15, -0.1) is 0 Å². The number of hydrogen-bond donors (Lipinski definition) is 0. The maximum absolute atomic E-state index is 12.8. The minimum atomic E-state index is -0.330. The molecule has 1 saturated carbocycles. The Bertz CT molecular complexity index is 521. The first-order valence-corrected chi connectivity index (χ1v) is 7.51. The van der Waals surface area contributed by atoms with E-state index >= 15 is 0 Å². The summed E-state index contributed by atoms with van der Waals surface area (Å²) in [6, 6.07) is 5.68. The van der Waals surface area contributed by atoms with Crippen LogP contribution in [-0.4, -0.2) is 55.9 Å². The van der Waals surface area contributed by atoms with Crippen LogP contribution >= 0.6 is 0 Å². The molecular weight excluding hydrogens is 289 g/mol. The molecule has 3 atom stereocenters. The molecule has 2 aliphatic rings. The van der Waals surface area contributed by atoms with Gasteiger partial charge in [0.15, 0.2) is 6.61 Å². The number of amides is 1. The summed E-state index contributed by atoms with van der Waals surface area (Å²) in [4.78, 5) is 14.3. The zero-order chi connectivity index (χ0) is 15.5. The third-order valence-electron chi connectivity index (χ3n) is 4.33. The summed E-state index contributed by atoms with van der Waals surface area (Å²) >= 11 is 0. The zero-order valence-electron chi connectivity index (χ0n) is 12.5. The number of methoxy groups -OCH3 is 1. The summed E-state index contributed by atoms with van der Waals surface area (Å²) < 4.78 is 29.6. The molecule has 0 N–H and O–H groups in total. The van der Waals surface area contributed by atoms with Gasteiger partial charge in [-0.1, -0.05) is 0 Å². The number of carbonyl (C=O) groups is 1. The van der Waals surface area contributed by atoms with Gasteiger partial charge in [0.05, 0.1) is 18.8 Å². The zero-order valence-corrected chi connectivity index (χ0v) is 12.5. The molecule has 3 rings (SSSR count). The molecule has 0 aromatic heterocycles. The number of nitrogens with zero attached hydrogens (tertiary/aromatic N) is 1. The van der Waals surface area contributed by atoms with Crippen molar-refractivity contribution < 1.29 is 23.4 Å². The van der Waals surface area contributed by atoms with Gasteiger partial charge in [-0.25, -0.2) is 4.39 Å². The molecule has 3 unspecified atom stereocenters. The van der Waals surface area contributed by atoms with Crippen molar-refractivity contribution in [1.29, 1.82) is 0 Å². The Morgan fingerprint density at radius 3 is 2.86 bits per heavy atom. The van der Waals surface area contributed by atoms with Crippen LogP contribution in [0.2, 0.25) is 0 Å². The Balaban J connectivity index is 1.62. The van der Waals surface area contributed by atoms with Gasteiger partial charge in [-0.2, -0.15) is 0 Å². The number of hydrogen-bond acceptors (Lipinski definition) is 4. The second kappa shape index (κ2) is 6.62. The number of fused-ring (bicyclic) bond motifs is 2. The highest BCUT2D eigenvalue weighted by molar-refractivity contribution is 5.78. The monoisotopic (exact) mass is 309 g/mol. The number of benzene rings is 1. The van der Waals surface area contributed by atoms with Crippen molar-refractivity contribution in [2.75, 3.05) is 26.9 Å². The third kappa shape index (κ3) is 3.08. The Kier molecular flexibility index (Phi) is 4.59. The van der Waals surface area contributed by atoms with E-state index in [4.69, 9.17) is 14.2 Å². The second-order valence-corrected chi connectivity index (χ2v) is 5.58. The molecule has 2 bridgehead atoms. The molecule has 1 heterocycles. The van der Waals surface area contributed by atoms with E-state index in [9.17, 15) is 9.18 Å². The SMILES string of the molecule is COC1C2CCC1N(C(=O)COc1ccc(F)cc1)CCO2. The highest BCUT2D eigenvalue weighted by Crippen LogP contribution is 2.31. The predicted molar refractivity (Wildman–Crippen MR) is 77.2 cm³/mol. The Morgan fingerprint density at radius 2 is 2.14 bits per heavy atom. The van der Waals surface area contributed by atoms with Crippen molar-refractivity contribution in [2.24, 2.45) is 0 Å². The molecule has 1 aliphatic heterocycles. The van der Waals surface area contributed by atoms with Gasteiger partial charge in [0.2, 0.25) is 0 Å². The third-order valence-corrected chi connectivity index (χ3v) is 4.33. The first-order chi connectivity index (χ1) is 10.7. The fraction of sp³-hybridized carbons (Fsp3) is 0.562. The molecule has 22 heavy (non-hydrogen) atoms. The van der Waals surface area contributed by atoms with Crippen molar-refractivity contribution in [3.8, 4) is 5.75 Å². The molecule has 120 valence electrons. The van der Waals surface area contributed by atoms with Crippen LogP contribution in [0.5, 0.6) is 5.75 Å². The van der Waals surface area contributed by atoms with Crippen LogP contribution in [0.25, 0.3) is 0 Å². The van der Waals surface area contributed by atoms with Crippen molar-refractivity contribution in [2.45, 2.75) is 31.1 Å². The first-order valence-electron chi connectivity index (χ1n) is 7.51. The van der Waals surface area contributed by atoms with Gasteiger partial charge in [-0.3, -0.25) is 4.79 Å². The summed E-state index contributed by atoms with van der Waals surface area (Å²) in [5.74, 6) is 0.0548. The molecule has 6 heteroatoms. The lowest BCUT2D eigenvalue weighted by atomic mass is 10.1. The maximum atomic E-state index is 12.8. The minimum absolute atomic E-state index is 0.0433. The van der Waals surface area contributed by atoms with Gasteiger partial charge in [0.25, 0.3) is 5.91 Å². The van der Waals surface area contributed by atoms with Crippen LogP contribution in [0.15, 0.2) is 24.3 Å². The fourth-order valence-electron chi connectivity index (χ4n) is 3.27. The highest BCUT2D eigenvalue weighted by Gasteiger charge is 2.44. The van der Waals surface area contributed by atoms with Crippen LogP contribution in [-0.2, 0) is 14.3 Å². The fourth-order valence-corrected chi connectivity index (χ4v) is 3.27. The molecule has 2 fully saturated rings.